The van der Waals surface area contributed by atoms with Gasteiger partial charge in [-0.2, -0.15) is 0 Å². The van der Waals surface area contributed by atoms with E-state index < -0.39 is 12.0 Å². The van der Waals surface area contributed by atoms with E-state index in [9.17, 15) is 9.59 Å². The number of benzene rings is 2. The highest BCUT2D eigenvalue weighted by Crippen LogP contribution is 2.38. The van der Waals surface area contributed by atoms with E-state index in [0.29, 0.717) is 37.9 Å². The monoisotopic (exact) mass is 615 g/mol. The molecule has 6 rings (SSSR count). The van der Waals surface area contributed by atoms with Gasteiger partial charge in [0.2, 0.25) is 0 Å². The first-order valence-corrected chi connectivity index (χ1v) is 15.4. The first-order valence-electron chi connectivity index (χ1n) is 14.6. The first kappa shape index (κ1) is 29.5. The lowest BCUT2D eigenvalue weighted by Crippen LogP contribution is -3.12. The van der Waals surface area contributed by atoms with Crippen LogP contribution in [0.2, 0.25) is 0 Å². The maximum absolute atomic E-state index is 14.2. The highest BCUT2D eigenvalue weighted by molar-refractivity contribution is 7.07. The summed E-state index contributed by atoms with van der Waals surface area (Å²) in [6.45, 7) is 5.82. The quantitative estimate of drug-likeness (QED) is 0.302. The molecule has 10 nitrogen and oxygen atoms in total. The van der Waals surface area contributed by atoms with Crippen molar-refractivity contribution in [3.8, 4) is 11.5 Å². The van der Waals surface area contributed by atoms with E-state index in [1.165, 1.54) is 16.2 Å². The Morgan fingerprint density at radius 2 is 1.82 bits per heavy atom. The summed E-state index contributed by atoms with van der Waals surface area (Å²) >= 11 is 1.25. The predicted octanol–water partition coefficient (Wildman–Crippen LogP) is 1.88. The molecule has 1 N–H and O–H groups in total. The summed E-state index contributed by atoms with van der Waals surface area (Å²) in [7, 11) is 5.30. The van der Waals surface area contributed by atoms with Crippen LogP contribution in [0.1, 0.15) is 29.9 Å². The van der Waals surface area contributed by atoms with Crippen LogP contribution >= 0.6 is 11.3 Å². The van der Waals surface area contributed by atoms with Gasteiger partial charge in [-0.25, -0.2) is 9.79 Å². The number of methoxy groups -OCH3 is 2. The van der Waals surface area contributed by atoms with Gasteiger partial charge in [-0.1, -0.05) is 47.7 Å². The minimum Gasteiger partial charge on any atom is -0.493 e. The lowest BCUT2D eigenvalue weighted by Gasteiger charge is -2.29. The second-order valence-corrected chi connectivity index (χ2v) is 11.7. The van der Waals surface area contributed by atoms with Gasteiger partial charge in [0.25, 0.3) is 5.56 Å². The summed E-state index contributed by atoms with van der Waals surface area (Å²) in [6, 6.07) is 17.8. The molecule has 228 valence electrons. The van der Waals surface area contributed by atoms with E-state index in [-0.39, 0.29) is 17.7 Å². The van der Waals surface area contributed by atoms with Crippen LogP contribution in [-0.4, -0.2) is 64.6 Å². The molecule has 2 aromatic heterocycles. The number of thiazole rings is 1. The van der Waals surface area contributed by atoms with Crippen molar-refractivity contribution < 1.29 is 28.3 Å². The Kier molecular flexibility index (Phi) is 8.40. The van der Waals surface area contributed by atoms with Crippen LogP contribution in [0.25, 0.3) is 11.8 Å². The average Bonchev–Trinajstić information content (AvgIpc) is 3.64. The fraction of sp³-hybridized carbons (Fsp3) is 0.303. The van der Waals surface area contributed by atoms with Crippen molar-refractivity contribution in [1.29, 1.82) is 0 Å². The minimum atomic E-state index is -0.831. The average molecular weight is 616 g/mol. The molecule has 0 spiro atoms. The normalized spacial score (nSPS) is 17.3. The molecule has 11 heteroatoms. The number of likely N-dealkylation sites (N-methyl/N-ethyl adjacent to an activating group) is 1. The van der Waals surface area contributed by atoms with Crippen molar-refractivity contribution in [1.82, 2.24) is 4.57 Å². The van der Waals surface area contributed by atoms with Crippen LogP contribution in [0, 0.1) is 0 Å². The molecule has 4 heterocycles. The van der Waals surface area contributed by atoms with Gasteiger partial charge in [-0.3, -0.25) is 9.36 Å². The Balaban J connectivity index is 1.54. The Morgan fingerprint density at radius 1 is 1.07 bits per heavy atom. The summed E-state index contributed by atoms with van der Waals surface area (Å²) in [6.07, 6.45) is 1.75. The van der Waals surface area contributed by atoms with E-state index in [1.807, 2.05) is 48.5 Å². The zero-order chi connectivity index (χ0) is 30.8. The minimum absolute atomic E-state index is 0.170. The molecule has 44 heavy (non-hydrogen) atoms. The Labute approximate surface area is 258 Å². The fourth-order valence-electron chi connectivity index (χ4n) is 5.61. The number of carbonyl (C=O) groups excluding carboxylic acids is 1. The molecule has 2 aromatic carbocycles. The van der Waals surface area contributed by atoms with Crippen molar-refractivity contribution in [2.45, 2.75) is 13.0 Å². The number of ether oxygens (including phenoxy) is 3. The number of quaternary nitrogens is 1. The molecule has 4 aromatic rings. The van der Waals surface area contributed by atoms with Crippen LogP contribution in [0.4, 0.5) is 5.88 Å². The molecular weight excluding hydrogens is 580 g/mol. The van der Waals surface area contributed by atoms with E-state index >= 15 is 0 Å². The zero-order valence-electron chi connectivity index (χ0n) is 25.2. The second kappa shape index (κ2) is 12.6. The van der Waals surface area contributed by atoms with Gasteiger partial charge in [-0.05, 0) is 30.7 Å². The number of aromatic nitrogens is 1. The maximum atomic E-state index is 14.2. The van der Waals surface area contributed by atoms with E-state index in [2.05, 4.69) is 11.9 Å². The molecule has 0 amide bonds. The third-order valence-electron chi connectivity index (χ3n) is 7.91. The lowest BCUT2D eigenvalue weighted by atomic mass is 9.93. The van der Waals surface area contributed by atoms with Crippen molar-refractivity contribution in [3.63, 3.8) is 0 Å². The molecule has 0 saturated carbocycles. The van der Waals surface area contributed by atoms with E-state index in [1.54, 1.807) is 43.9 Å². The number of nitrogens with zero attached hydrogens (tertiary/aromatic N) is 3. The highest BCUT2D eigenvalue weighted by atomic mass is 32.1. The van der Waals surface area contributed by atoms with Crippen molar-refractivity contribution in [3.05, 3.63) is 103 Å². The number of anilines is 1. The lowest BCUT2D eigenvalue weighted by molar-refractivity contribution is -0.880. The Morgan fingerprint density at radius 3 is 2.52 bits per heavy atom. The number of fused-ring (bicyclic) bond motifs is 1. The SMILES string of the molecule is CCOC(=O)C1=C(c2ccccc2)N=c2s/c(=C/c3ccc(N4CC[NH+](C)CC4)o3)c(=O)n2[C@@H]1c1ccc(OC)c(OC)c1. The summed E-state index contributed by atoms with van der Waals surface area (Å²) in [5.74, 6) is 1.82. The number of hydrogen-bond donors (Lipinski definition) is 1. The van der Waals surface area contributed by atoms with Crippen LogP contribution in [-0.2, 0) is 9.53 Å². The Hall–Kier alpha value is -4.61. The molecule has 1 saturated heterocycles. The van der Waals surface area contributed by atoms with Gasteiger partial charge < -0.3 is 28.4 Å². The van der Waals surface area contributed by atoms with Gasteiger partial charge in [-0.15, -0.1) is 0 Å². The number of nitrogens with one attached hydrogen (secondary N) is 1. The Bertz CT molecular complexity index is 1880. The highest BCUT2D eigenvalue weighted by Gasteiger charge is 2.35. The molecule has 0 unspecified atom stereocenters. The second-order valence-electron chi connectivity index (χ2n) is 10.7. The number of rotatable bonds is 8. The van der Waals surface area contributed by atoms with E-state index in [0.717, 1.165) is 37.6 Å². The zero-order valence-corrected chi connectivity index (χ0v) is 26.0. The number of carbonyl (C=O) groups is 1. The molecule has 0 aliphatic carbocycles. The first-order chi connectivity index (χ1) is 21.4. The van der Waals surface area contributed by atoms with Crippen molar-refractivity contribution >= 4 is 35.0 Å². The van der Waals surface area contributed by atoms with Gasteiger partial charge in [0.1, 0.15) is 5.76 Å². The molecule has 0 bridgehead atoms. The molecule has 2 aliphatic rings. The predicted molar refractivity (Wildman–Crippen MR) is 168 cm³/mol. The summed E-state index contributed by atoms with van der Waals surface area (Å²) in [5, 5.41) is 0. The van der Waals surface area contributed by atoms with Gasteiger partial charge in [0.05, 0.1) is 75.9 Å². The van der Waals surface area contributed by atoms with Crippen LogP contribution in [0.15, 0.2) is 80.4 Å². The molecule has 1 atom stereocenters. The molecular formula is C33H35N4O6S+. The van der Waals surface area contributed by atoms with Gasteiger partial charge in [0, 0.05) is 17.7 Å². The number of furan rings is 1. The number of piperazine rings is 1. The van der Waals surface area contributed by atoms with Crippen molar-refractivity contribution in [2.24, 2.45) is 4.99 Å². The van der Waals surface area contributed by atoms with Crippen LogP contribution in [0.5, 0.6) is 11.5 Å². The van der Waals surface area contributed by atoms with Crippen LogP contribution < -0.4 is 34.2 Å². The molecule has 2 aliphatic heterocycles. The molecule has 1 fully saturated rings. The van der Waals surface area contributed by atoms with Crippen LogP contribution in [0.3, 0.4) is 0 Å². The molecule has 0 radical (unpaired) electrons. The third-order valence-corrected chi connectivity index (χ3v) is 8.89. The fourth-order valence-corrected chi connectivity index (χ4v) is 6.59. The van der Waals surface area contributed by atoms with Crippen molar-refractivity contribution in [2.75, 3.05) is 59.0 Å². The number of hydrogen-bond acceptors (Lipinski definition) is 9. The topological polar surface area (TPSA) is 99.9 Å². The largest absolute Gasteiger partial charge is 0.493 e. The summed E-state index contributed by atoms with van der Waals surface area (Å²) in [5.41, 5.74) is 1.82. The van der Waals surface area contributed by atoms with Gasteiger partial charge >= 0.3 is 5.97 Å². The number of esters is 1. The summed E-state index contributed by atoms with van der Waals surface area (Å²) in [4.78, 5) is 37.0. The summed E-state index contributed by atoms with van der Waals surface area (Å²) < 4.78 is 24.8. The standard InChI is InChI=1S/C33H34N4O6S/c1-5-42-32(39)28-29(21-9-7-6-8-10-21)34-33-37(30(28)22-11-13-24(40-3)25(19-22)41-4)31(38)26(44-33)20-23-12-14-27(43-23)36-17-15-35(2)16-18-36/h6-14,19-20,30H,5,15-18H2,1-4H3/p+1/b26-20+/t30-/m1/s1. The van der Waals surface area contributed by atoms with Gasteiger partial charge in [0.15, 0.2) is 22.2 Å². The van der Waals surface area contributed by atoms with E-state index in [4.69, 9.17) is 23.6 Å². The maximum Gasteiger partial charge on any atom is 0.338 e. The third kappa shape index (κ3) is 5.56. The smallest absolute Gasteiger partial charge is 0.338 e.